The number of fused-ring (bicyclic) bond motifs is 1. The molecule has 1 aliphatic heterocycles. The fourth-order valence-electron chi connectivity index (χ4n) is 3.46. The number of morpholine rings is 1. The van der Waals surface area contributed by atoms with Gasteiger partial charge in [0.05, 0.1) is 13.2 Å². The zero-order valence-electron chi connectivity index (χ0n) is 14.9. The van der Waals surface area contributed by atoms with Gasteiger partial charge in [-0.25, -0.2) is 14.8 Å². The Morgan fingerprint density at radius 2 is 1.70 bits per heavy atom. The number of nitrogens with one attached hydrogen (secondary N) is 2. The molecule has 1 aromatic heterocycles. The monoisotopic (exact) mass is 367 g/mol. The molecule has 1 fully saturated rings. The quantitative estimate of drug-likeness (QED) is 0.851. The first-order valence-corrected chi connectivity index (χ1v) is 9.03. The molecule has 1 aromatic carbocycles. The number of amides is 3. The molecular weight excluding hydrogens is 346 g/mol. The van der Waals surface area contributed by atoms with E-state index in [1.165, 1.54) is 23.5 Å². The van der Waals surface area contributed by atoms with Crippen molar-refractivity contribution in [1.82, 2.24) is 20.2 Å². The summed E-state index contributed by atoms with van der Waals surface area (Å²) in [6.45, 7) is 2.02. The van der Waals surface area contributed by atoms with Crippen LogP contribution in [0, 0.1) is 0 Å². The number of benzene rings is 1. The molecule has 0 bridgehead atoms. The highest BCUT2D eigenvalue weighted by Crippen LogP contribution is 2.22. The van der Waals surface area contributed by atoms with Gasteiger partial charge in [0.2, 0.25) is 0 Å². The first kappa shape index (κ1) is 17.4. The van der Waals surface area contributed by atoms with Crippen molar-refractivity contribution < 1.29 is 14.3 Å². The Balaban J connectivity index is 1.43. The van der Waals surface area contributed by atoms with E-state index in [2.05, 4.69) is 32.7 Å². The van der Waals surface area contributed by atoms with E-state index in [1.807, 2.05) is 12.1 Å². The number of urea groups is 1. The first-order chi connectivity index (χ1) is 13.2. The molecule has 0 saturated carbocycles. The van der Waals surface area contributed by atoms with Crippen LogP contribution in [0.2, 0.25) is 0 Å². The molecule has 2 aromatic rings. The summed E-state index contributed by atoms with van der Waals surface area (Å²) in [4.78, 5) is 35.0. The van der Waals surface area contributed by atoms with Crippen LogP contribution in [0.15, 0.2) is 36.7 Å². The summed E-state index contributed by atoms with van der Waals surface area (Å²) in [5.74, 6) is -0.166. The summed E-state index contributed by atoms with van der Waals surface area (Å²) < 4.78 is 5.25. The number of carbonyl (C=O) groups is 2. The van der Waals surface area contributed by atoms with Crippen molar-refractivity contribution in [3.05, 3.63) is 53.5 Å². The van der Waals surface area contributed by atoms with Crippen LogP contribution in [-0.4, -0.2) is 59.2 Å². The number of rotatable bonds is 3. The van der Waals surface area contributed by atoms with Gasteiger partial charge in [-0.2, -0.15) is 0 Å². The summed E-state index contributed by atoms with van der Waals surface area (Å²) in [7, 11) is 0. The minimum Gasteiger partial charge on any atom is -0.378 e. The molecule has 1 aliphatic carbocycles. The van der Waals surface area contributed by atoms with Gasteiger partial charge < -0.3 is 15.0 Å². The topological polar surface area (TPSA) is 96.4 Å². The average Bonchev–Trinajstić information content (AvgIpc) is 3.11. The molecule has 8 nitrogen and oxygen atoms in total. The molecule has 1 saturated heterocycles. The average molecular weight is 367 g/mol. The Bertz CT molecular complexity index is 826. The van der Waals surface area contributed by atoms with Gasteiger partial charge in [-0.15, -0.1) is 0 Å². The molecule has 0 unspecified atom stereocenters. The number of ether oxygens (including phenoxy) is 1. The molecule has 0 spiro atoms. The lowest BCUT2D eigenvalue weighted by atomic mass is 10.1. The molecule has 4 rings (SSSR count). The largest absolute Gasteiger partial charge is 0.378 e. The third kappa shape index (κ3) is 3.90. The van der Waals surface area contributed by atoms with Gasteiger partial charge in [-0.3, -0.25) is 10.1 Å². The number of aromatic nitrogens is 2. The van der Waals surface area contributed by atoms with Gasteiger partial charge in [0, 0.05) is 31.5 Å². The van der Waals surface area contributed by atoms with Crippen molar-refractivity contribution >= 4 is 17.8 Å². The Hall–Kier alpha value is -3.00. The van der Waals surface area contributed by atoms with Crippen molar-refractivity contribution in [3.63, 3.8) is 0 Å². The molecule has 8 heteroatoms. The molecule has 0 radical (unpaired) electrons. The van der Waals surface area contributed by atoms with E-state index in [0.29, 0.717) is 26.3 Å². The maximum atomic E-state index is 12.7. The van der Waals surface area contributed by atoms with Gasteiger partial charge in [0.25, 0.3) is 5.91 Å². The fourth-order valence-corrected chi connectivity index (χ4v) is 3.46. The van der Waals surface area contributed by atoms with Crippen molar-refractivity contribution in [3.8, 4) is 0 Å². The Morgan fingerprint density at radius 1 is 1.04 bits per heavy atom. The maximum absolute atomic E-state index is 12.7. The van der Waals surface area contributed by atoms with E-state index in [4.69, 9.17) is 4.74 Å². The second-order valence-electron chi connectivity index (χ2n) is 6.63. The van der Waals surface area contributed by atoms with Crippen LogP contribution in [0.3, 0.4) is 0 Å². The number of nitrogens with zero attached hydrogens (tertiary/aromatic N) is 3. The normalized spacial score (nSPS) is 16.7. The van der Waals surface area contributed by atoms with Crippen LogP contribution in [-0.2, 0) is 17.6 Å². The second-order valence-corrected chi connectivity index (χ2v) is 6.63. The van der Waals surface area contributed by atoms with E-state index >= 15 is 0 Å². The van der Waals surface area contributed by atoms with E-state index in [1.54, 1.807) is 4.90 Å². The number of hydrogen-bond donors (Lipinski definition) is 2. The van der Waals surface area contributed by atoms with Crippen LogP contribution in [0.25, 0.3) is 0 Å². The Morgan fingerprint density at radius 3 is 2.41 bits per heavy atom. The Labute approximate surface area is 156 Å². The number of anilines is 1. The summed E-state index contributed by atoms with van der Waals surface area (Å²) in [6.07, 6.45) is 4.48. The lowest BCUT2D eigenvalue weighted by Crippen LogP contribution is -2.43. The van der Waals surface area contributed by atoms with Crippen LogP contribution in [0.4, 0.5) is 10.6 Å². The molecule has 0 atom stereocenters. The highest BCUT2D eigenvalue weighted by atomic mass is 16.5. The molecule has 2 aliphatic rings. The van der Waals surface area contributed by atoms with Crippen molar-refractivity contribution in [2.45, 2.75) is 18.9 Å². The second kappa shape index (κ2) is 7.71. The predicted octanol–water partition coefficient (Wildman–Crippen LogP) is 1.24. The highest BCUT2D eigenvalue weighted by Gasteiger charge is 2.26. The SMILES string of the molecule is O=C(NC1Cc2ccccc2C1)c1nccnc1NC(=O)N1CCOCC1. The maximum Gasteiger partial charge on any atom is 0.323 e. The highest BCUT2D eigenvalue weighted by molar-refractivity contribution is 6.00. The smallest absolute Gasteiger partial charge is 0.323 e. The van der Waals surface area contributed by atoms with Crippen LogP contribution in [0.5, 0.6) is 0 Å². The standard InChI is InChI=1S/C19H21N5O3/c25-18(22-15-11-13-3-1-2-4-14(13)12-15)16-17(21-6-5-20-16)23-19(26)24-7-9-27-10-8-24/h1-6,15H,7-12H2,(H,22,25)(H,21,23,26). The van der Waals surface area contributed by atoms with Crippen LogP contribution in [0.1, 0.15) is 21.6 Å². The van der Waals surface area contributed by atoms with Gasteiger partial charge in [0.1, 0.15) is 0 Å². The number of carbonyl (C=O) groups excluding carboxylic acids is 2. The number of hydrogen-bond acceptors (Lipinski definition) is 5. The van der Waals surface area contributed by atoms with Gasteiger partial charge >= 0.3 is 6.03 Å². The zero-order chi connectivity index (χ0) is 18.6. The van der Waals surface area contributed by atoms with E-state index in [-0.39, 0.29) is 29.5 Å². The van der Waals surface area contributed by atoms with Crippen molar-refractivity contribution in [1.29, 1.82) is 0 Å². The predicted molar refractivity (Wildman–Crippen MR) is 98.5 cm³/mol. The molecule has 2 heterocycles. The molecular formula is C19H21N5O3. The van der Waals surface area contributed by atoms with Crippen molar-refractivity contribution in [2.24, 2.45) is 0 Å². The molecule has 3 amide bonds. The van der Waals surface area contributed by atoms with Gasteiger partial charge in [-0.05, 0) is 24.0 Å². The lowest BCUT2D eigenvalue weighted by Gasteiger charge is -2.26. The summed E-state index contributed by atoms with van der Waals surface area (Å²) in [6, 6.07) is 7.88. The molecule has 27 heavy (non-hydrogen) atoms. The van der Waals surface area contributed by atoms with E-state index < -0.39 is 0 Å². The summed E-state index contributed by atoms with van der Waals surface area (Å²) in [5.41, 5.74) is 2.63. The van der Waals surface area contributed by atoms with Gasteiger partial charge in [0.15, 0.2) is 11.5 Å². The third-order valence-corrected chi connectivity index (χ3v) is 4.82. The van der Waals surface area contributed by atoms with Crippen LogP contribution >= 0.6 is 0 Å². The molecule has 2 N–H and O–H groups in total. The van der Waals surface area contributed by atoms with E-state index in [9.17, 15) is 9.59 Å². The lowest BCUT2D eigenvalue weighted by molar-refractivity contribution is 0.0564. The van der Waals surface area contributed by atoms with Crippen LogP contribution < -0.4 is 10.6 Å². The summed E-state index contributed by atoms with van der Waals surface area (Å²) in [5, 5.41) is 5.71. The molecule has 140 valence electrons. The first-order valence-electron chi connectivity index (χ1n) is 9.03. The van der Waals surface area contributed by atoms with Gasteiger partial charge in [-0.1, -0.05) is 24.3 Å². The third-order valence-electron chi connectivity index (χ3n) is 4.82. The van der Waals surface area contributed by atoms with Crippen molar-refractivity contribution in [2.75, 3.05) is 31.6 Å². The minimum absolute atomic E-state index is 0.0136. The summed E-state index contributed by atoms with van der Waals surface area (Å²) >= 11 is 0. The van der Waals surface area contributed by atoms with E-state index in [0.717, 1.165) is 12.8 Å². The minimum atomic E-state index is -0.335. The Kier molecular flexibility index (Phi) is 4.97. The fraction of sp³-hybridized carbons (Fsp3) is 0.368. The zero-order valence-corrected chi connectivity index (χ0v) is 14.9.